The van der Waals surface area contributed by atoms with Gasteiger partial charge < -0.3 is 9.47 Å². The predicted molar refractivity (Wildman–Crippen MR) is 163 cm³/mol. The third-order valence-electron chi connectivity index (χ3n) is 7.81. The lowest BCUT2D eigenvalue weighted by atomic mass is 9.96. The number of benzene rings is 2. The first kappa shape index (κ1) is 31.6. The van der Waals surface area contributed by atoms with E-state index in [0.717, 1.165) is 30.2 Å². The van der Waals surface area contributed by atoms with E-state index in [9.17, 15) is 17.6 Å². The highest BCUT2D eigenvalue weighted by molar-refractivity contribution is 7.90. The lowest BCUT2D eigenvalue weighted by molar-refractivity contribution is 0.0733. The second-order valence-electron chi connectivity index (χ2n) is 11.8. The molecule has 0 N–H and O–H groups in total. The third-order valence-corrected chi connectivity index (χ3v) is 8.78. The lowest BCUT2D eigenvalue weighted by Gasteiger charge is -2.30. The summed E-state index contributed by atoms with van der Waals surface area (Å²) in [6.45, 7) is 9.24. The van der Waals surface area contributed by atoms with Crippen molar-refractivity contribution in [1.29, 1.82) is 0 Å². The van der Waals surface area contributed by atoms with Gasteiger partial charge in [0.15, 0.2) is 0 Å². The van der Waals surface area contributed by atoms with Gasteiger partial charge in [-0.2, -0.15) is 0 Å². The van der Waals surface area contributed by atoms with Crippen LogP contribution < -0.4 is 9.47 Å². The minimum Gasteiger partial charge on any atom is -0.481 e. The van der Waals surface area contributed by atoms with Crippen molar-refractivity contribution in [3.05, 3.63) is 77.2 Å². The Kier molecular flexibility index (Phi) is 10.0. The Hall–Kier alpha value is -3.30. The van der Waals surface area contributed by atoms with Crippen molar-refractivity contribution in [2.75, 3.05) is 25.7 Å². The molecule has 1 fully saturated rings. The van der Waals surface area contributed by atoms with Crippen LogP contribution in [0.15, 0.2) is 54.7 Å². The predicted octanol–water partition coefficient (Wildman–Crippen LogP) is 6.32. The molecule has 0 saturated heterocycles. The number of hydrogen-bond donors (Lipinski definition) is 0. The Morgan fingerprint density at radius 3 is 2.40 bits per heavy atom. The van der Waals surface area contributed by atoms with Gasteiger partial charge in [0.25, 0.3) is 0 Å². The Labute approximate surface area is 249 Å². The minimum absolute atomic E-state index is 0.0687. The smallest absolute Gasteiger partial charge is 0.343 e. The molecule has 42 heavy (non-hydrogen) atoms. The summed E-state index contributed by atoms with van der Waals surface area (Å²) < 4.78 is 50.1. The van der Waals surface area contributed by atoms with Crippen LogP contribution in [0.25, 0.3) is 11.1 Å². The fourth-order valence-corrected chi connectivity index (χ4v) is 6.70. The van der Waals surface area contributed by atoms with Crippen LogP contribution in [-0.4, -0.2) is 62.0 Å². The number of pyridine rings is 1. The number of nitrogens with zero attached hydrogens (tertiary/aromatic N) is 2. The topological polar surface area (TPSA) is 85.8 Å². The van der Waals surface area contributed by atoms with Crippen LogP contribution >= 0.6 is 0 Å². The minimum atomic E-state index is -3.17. The Bertz CT molecular complexity index is 1510. The molecule has 4 rings (SSSR count). The molecular weight excluding hydrogens is 555 g/mol. The second kappa shape index (κ2) is 13.3. The van der Waals surface area contributed by atoms with Gasteiger partial charge in [-0.1, -0.05) is 24.3 Å². The summed E-state index contributed by atoms with van der Waals surface area (Å²) in [6, 6.07) is 14.5. The molecular formula is C33H41FN2O5S. The first-order valence-electron chi connectivity index (χ1n) is 14.4. The Morgan fingerprint density at radius 1 is 1.07 bits per heavy atom. The molecule has 1 aliphatic rings. The van der Waals surface area contributed by atoms with E-state index in [1.165, 1.54) is 13.4 Å². The number of hydrogen-bond acceptors (Lipinski definition) is 7. The van der Waals surface area contributed by atoms with Gasteiger partial charge in [0, 0.05) is 42.4 Å². The van der Waals surface area contributed by atoms with E-state index in [1.807, 2.05) is 12.1 Å². The number of halogens is 1. The summed E-state index contributed by atoms with van der Waals surface area (Å²) >= 11 is 0. The molecule has 0 unspecified atom stereocenters. The van der Waals surface area contributed by atoms with Crippen LogP contribution in [-0.2, 0) is 16.3 Å². The zero-order valence-electron chi connectivity index (χ0n) is 25.3. The van der Waals surface area contributed by atoms with Crippen LogP contribution in [0.5, 0.6) is 11.6 Å². The Balaban J connectivity index is 1.66. The van der Waals surface area contributed by atoms with Gasteiger partial charge >= 0.3 is 5.97 Å². The molecule has 7 nitrogen and oxygen atoms in total. The standard InChI is InChI=1S/C33H41FN2O5S/c1-21(2)36(22(3)4)15-14-26-16-25(29-18-32(40-5)35-19-31(29)34)12-13-28(26)33(37)41-27-9-7-8-24(17-27)30(23-10-11-23)20-42(6,38)39/h7-9,12-13,16-19,21-23,30H,10-11,14-15,20H2,1-6H3/t30-/m0/s1. The van der Waals surface area contributed by atoms with Gasteiger partial charge in [0.2, 0.25) is 5.88 Å². The zero-order chi connectivity index (χ0) is 30.6. The quantitative estimate of drug-likeness (QED) is 0.169. The number of carbonyl (C=O) groups is 1. The molecule has 1 atom stereocenters. The highest BCUT2D eigenvalue weighted by atomic mass is 32.2. The van der Waals surface area contributed by atoms with Gasteiger partial charge in [-0.15, -0.1) is 0 Å². The molecule has 226 valence electrons. The summed E-state index contributed by atoms with van der Waals surface area (Å²) in [5.74, 6) is -0.0858. The van der Waals surface area contributed by atoms with Crippen LogP contribution in [0.1, 0.15) is 67.9 Å². The van der Waals surface area contributed by atoms with Gasteiger partial charge in [-0.05, 0) is 87.8 Å². The zero-order valence-corrected chi connectivity index (χ0v) is 26.1. The van der Waals surface area contributed by atoms with E-state index < -0.39 is 21.6 Å². The number of aromatic nitrogens is 1. The van der Waals surface area contributed by atoms with Crippen LogP contribution in [0.2, 0.25) is 0 Å². The number of esters is 1. The van der Waals surface area contributed by atoms with Crippen molar-refractivity contribution in [2.45, 2.75) is 65.0 Å². The third kappa shape index (κ3) is 8.16. The highest BCUT2D eigenvalue weighted by Crippen LogP contribution is 2.44. The maximum absolute atomic E-state index is 14.8. The molecule has 9 heteroatoms. The van der Waals surface area contributed by atoms with Crippen molar-refractivity contribution in [2.24, 2.45) is 5.92 Å². The normalized spacial score (nSPS) is 14.4. The SMILES string of the molecule is COc1cc(-c2ccc(C(=O)Oc3cccc([C@@H](CS(C)(=O)=O)C4CC4)c3)c(CCN(C(C)C)C(C)C)c2)c(F)cn1. The van der Waals surface area contributed by atoms with Crippen molar-refractivity contribution >= 4 is 15.8 Å². The summed E-state index contributed by atoms with van der Waals surface area (Å²) in [5.41, 5.74) is 2.93. The van der Waals surface area contributed by atoms with E-state index >= 15 is 0 Å². The van der Waals surface area contributed by atoms with Gasteiger partial charge in [-0.25, -0.2) is 22.6 Å². The average Bonchev–Trinajstić information content (AvgIpc) is 3.77. The summed E-state index contributed by atoms with van der Waals surface area (Å²) in [5, 5.41) is 0. The highest BCUT2D eigenvalue weighted by Gasteiger charge is 2.34. The fraction of sp³-hybridized carbons (Fsp3) is 0.455. The monoisotopic (exact) mass is 596 g/mol. The van der Waals surface area contributed by atoms with Gasteiger partial charge in [0.1, 0.15) is 21.4 Å². The van der Waals surface area contributed by atoms with Gasteiger partial charge in [0.05, 0.1) is 24.6 Å². The second-order valence-corrected chi connectivity index (χ2v) is 13.9. The number of methoxy groups -OCH3 is 1. The maximum Gasteiger partial charge on any atom is 0.343 e. The van der Waals surface area contributed by atoms with E-state index in [4.69, 9.17) is 9.47 Å². The van der Waals surface area contributed by atoms with Crippen molar-refractivity contribution in [3.8, 4) is 22.8 Å². The summed E-state index contributed by atoms with van der Waals surface area (Å²) in [6.07, 6.45) is 4.92. The number of ether oxygens (including phenoxy) is 2. The number of carbonyl (C=O) groups excluding carboxylic acids is 1. The van der Waals surface area contributed by atoms with E-state index in [1.54, 1.807) is 36.4 Å². The fourth-order valence-electron chi connectivity index (χ4n) is 5.58. The molecule has 2 aromatic carbocycles. The van der Waals surface area contributed by atoms with Crippen LogP contribution in [0.4, 0.5) is 4.39 Å². The molecule has 0 aliphatic heterocycles. The van der Waals surface area contributed by atoms with Crippen molar-refractivity contribution in [3.63, 3.8) is 0 Å². The molecule has 1 aliphatic carbocycles. The summed E-state index contributed by atoms with van der Waals surface area (Å²) in [4.78, 5) is 19.9. The van der Waals surface area contributed by atoms with Crippen LogP contribution in [0, 0.1) is 11.7 Å². The molecule has 0 bridgehead atoms. The first-order chi connectivity index (χ1) is 19.9. The lowest BCUT2D eigenvalue weighted by Crippen LogP contribution is -2.38. The average molecular weight is 597 g/mol. The molecule has 1 aromatic heterocycles. The van der Waals surface area contributed by atoms with Gasteiger partial charge in [-0.3, -0.25) is 4.90 Å². The maximum atomic E-state index is 14.8. The molecule has 3 aromatic rings. The summed E-state index contributed by atoms with van der Waals surface area (Å²) in [7, 11) is -1.70. The van der Waals surface area contributed by atoms with Crippen molar-refractivity contribution < 1.29 is 27.1 Å². The van der Waals surface area contributed by atoms with E-state index in [0.29, 0.717) is 59.3 Å². The molecule has 1 saturated carbocycles. The van der Waals surface area contributed by atoms with E-state index in [-0.39, 0.29) is 11.7 Å². The van der Waals surface area contributed by atoms with Crippen molar-refractivity contribution in [1.82, 2.24) is 9.88 Å². The van der Waals surface area contributed by atoms with E-state index in [2.05, 4.69) is 37.6 Å². The molecule has 0 amide bonds. The molecule has 1 heterocycles. The number of rotatable bonds is 13. The van der Waals surface area contributed by atoms with Crippen LogP contribution in [0.3, 0.4) is 0 Å². The first-order valence-corrected chi connectivity index (χ1v) is 16.5. The molecule has 0 radical (unpaired) electrons. The molecule has 0 spiro atoms. The number of sulfone groups is 1. The largest absolute Gasteiger partial charge is 0.481 e. The Morgan fingerprint density at radius 2 is 1.79 bits per heavy atom.